The van der Waals surface area contributed by atoms with Crippen LogP contribution in [0.25, 0.3) is 33.5 Å². The van der Waals surface area contributed by atoms with Crippen molar-refractivity contribution in [3.05, 3.63) is 60.7 Å². The van der Waals surface area contributed by atoms with Crippen LogP contribution in [-0.2, 0) is 6.54 Å². The molecule has 2 heterocycles. The van der Waals surface area contributed by atoms with E-state index in [1.165, 1.54) is 0 Å². The summed E-state index contributed by atoms with van der Waals surface area (Å²) in [6.07, 6.45) is 0.743. The van der Waals surface area contributed by atoms with E-state index in [-0.39, 0.29) is 6.61 Å². The van der Waals surface area contributed by atoms with Crippen molar-refractivity contribution in [3.8, 4) is 22.6 Å². The van der Waals surface area contributed by atoms with Gasteiger partial charge in [0, 0.05) is 35.4 Å². The summed E-state index contributed by atoms with van der Waals surface area (Å²) in [5.74, 6) is 1.67. The fraction of sp³-hybridized carbons (Fsp3) is 0.227. The minimum absolute atomic E-state index is 0.190. The summed E-state index contributed by atoms with van der Waals surface area (Å²) in [7, 11) is 0. The van der Waals surface area contributed by atoms with Gasteiger partial charge in [-0.25, -0.2) is 4.98 Å². The van der Waals surface area contributed by atoms with Crippen LogP contribution >= 0.6 is 11.8 Å². The molecule has 0 aliphatic heterocycles. The van der Waals surface area contributed by atoms with E-state index in [9.17, 15) is 0 Å². The van der Waals surface area contributed by atoms with E-state index >= 15 is 0 Å². The molecule has 2 aromatic heterocycles. The molecule has 4 rings (SSSR count). The monoisotopic (exact) mass is 390 g/mol. The molecule has 0 bridgehead atoms. The Balaban J connectivity index is 1.86. The van der Waals surface area contributed by atoms with Crippen molar-refractivity contribution in [1.82, 2.24) is 19.7 Å². The van der Waals surface area contributed by atoms with Crippen LogP contribution in [0, 0.1) is 0 Å². The van der Waals surface area contributed by atoms with Crippen LogP contribution in [0.4, 0.5) is 0 Å². The second-order valence-electron chi connectivity index (χ2n) is 6.41. The zero-order chi connectivity index (χ0) is 19.3. The third kappa shape index (κ3) is 3.66. The molecule has 5 nitrogen and oxygen atoms in total. The molecule has 28 heavy (non-hydrogen) atoms. The molecule has 0 aliphatic carbocycles. The smallest absolute Gasteiger partial charge is 0.191 e. The minimum atomic E-state index is 0.190. The van der Waals surface area contributed by atoms with Crippen LogP contribution in [0.15, 0.2) is 65.8 Å². The molecule has 0 fully saturated rings. The summed E-state index contributed by atoms with van der Waals surface area (Å²) in [5.41, 5.74) is 3.98. The lowest BCUT2D eigenvalue weighted by Crippen LogP contribution is -2.01. The molecule has 4 aromatic rings. The summed E-state index contributed by atoms with van der Waals surface area (Å²) < 4.78 is 2.14. The number of hydrogen-bond donors (Lipinski definition) is 1. The molecule has 0 spiro atoms. The standard InChI is InChI=1S/C22H22N4OS/c1-2-26-21(24-25-22(26)28-14-8-13-27)18-15-20(16-9-4-3-5-10-16)23-19-12-7-6-11-17(18)19/h3-7,9-12,15,27H,2,8,13-14H2,1H3. The van der Waals surface area contributed by atoms with Crippen molar-refractivity contribution < 1.29 is 5.11 Å². The van der Waals surface area contributed by atoms with Gasteiger partial charge < -0.3 is 9.67 Å². The molecule has 0 radical (unpaired) electrons. The normalized spacial score (nSPS) is 11.2. The summed E-state index contributed by atoms with van der Waals surface area (Å²) in [6.45, 7) is 3.07. The molecule has 6 heteroatoms. The number of thioether (sulfide) groups is 1. The lowest BCUT2D eigenvalue weighted by atomic mass is 10.0. The maximum atomic E-state index is 9.05. The van der Waals surface area contributed by atoms with Crippen LogP contribution in [0.3, 0.4) is 0 Å². The van der Waals surface area contributed by atoms with Crippen LogP contribution in [0.1, 0.15) is 13.3 Å². The highest BCUT2D eigenvalue weighted by molar-refractivity contribution is 7.99. The van der Waals surface area contributed by atoms with Gasteiger partial charge in [0.25, 0.3) is 0 Å². The fourth-order valence-corrected chi connectivity index (χ4v) is 4.15. The Morgan fingerprint density at radius 1 is 1.00 bits per heavy atom. The number of para-hydroxylation sites is 1. The zero-order valence-corrected chi connectivity index (χ0v) is 16.6. The van der Waals surface area contributed by atoms with Crippen molar-refractivity contribution in [2.24, 2.45) is 0 Å². The Morgan fingerprint density at radius 2 is 1.79 bits per heavy atom. The second kappa shape index (κ2) is 8.54. The molecule has 0 amide bonds. The predicted octanol–water partition coefficient (Wildman–Crippen LogP) is 4.65. The Morgan fingerprint density at radius 3 is 2.57 bits per heavy atom. The molecule has 1 N–H and O–H groups in total. The Labute approximate surface area is 168 Å². The first-order chi connectivity index (χ1) is 13.8. The van der Waals surface area contributed by atoms with Gasteiger partial charge in [-0.1, -0.05) is 60.3 Å². The number of hydrogen-bond acceptors (Lipinski definition) is 5. The van der Waals surface area contributed by atoms with Gasteiger partial charge >= 0.3 is 0 Å². The molecule has 0 atom stereocenters. The first-order valence-corrected chi connectivity index (χ1v) is 10.4. The van der Waals surface area contributed by atoms with Crippen molar-refractivity contribution >= 4 is 22.7 Å². The largest absolute Gasteiger partial charge is 0.396 e. The van der Waals surface area contributed by atoms with Gasteiger partial charge in [-0.2, -0.15) is 0 Å². The van der Waals surface area contributed by atoms with Gasteiger partial charge in [0.15, 0.2) is 11.0 Å². The van der Waals surface area contributed by atoms with Crippen molar-refractivity contribution in [1.29, 1.82) is 0 Å². The zero-order valence-electron chi connectivity index (χ0n) is 15.7. The molecular weight excluding hydrogens is 368 g/mol. The number of benzene rings is 2. The summed E-state index contributed by atoms with van der Waals surface area (Å²) in [5, 5.41) is 19.9. The quantitative estimate of drug-likeness (QED) is 0.367. The topological polar surface area (TPSA) is 63.8 Å². The van der Waals surface area contributed by atoms with E-state index in [1.54, 1.807) is 11.8 Å². The number of aliphatic hydroxyl groups excluding tert-OH is 1. The maximum Gasteiger partial charge on any atom is 0.191 e. The average molecular weight is 391 g/mol. The molecule has 2 aromatic carbocycles. The van der Waals surface area contributed by atoms with Crippen LogP contribution < -0.4 is 0 Å². The molecule has 0 saturated carbocycles. The summed E-state index contributed by atoms with van der Waals surface area (Å²) >= 11 is 1.63. The van der Waals surface area contributed by atoms with Crippen LogP contribution in [0.2, 0.25) is 0 Å². The summed E-state index contributed by atoms with van der Waals surface area (Å²) in [4.78, 5) is 4.86. The highest BCUT2D eigenvalue weighted by Crippen LogP contribution is 2.32. The van der Waals surface area contributed by atoms with E-state index < -0.39 is 0 Å². The fourth-order valence-electron chi connectivity index (χ4n) is 3.22. The number of rotatable bonds is 7. The number of aliphatic hydroxyl groups is 1. The van der Waals surface area contributed by atoms with E-state index in [1.807, 2.05) is 36.4 Å². The number of aromatic nitrogens is 4. The van der Waals surface area contributed by atoms with Gasteiger partial charge in [0.1, 0.15) is 0 Å². The first kappa shape index (κ1) is 18.7. The van der Waals surface area contributed by atoms with E-state index in [2.05, 4.69) is 46.0 Å². The maximum absolute atomic E-state index is 9.05. The molecular formula is C22H22N4OS. The Bertz CT molecular complexity index is 1080. The Kier molecular flexibility index (Phi) is 5.69. The molecule has 142 valence electrons. The predicted molar refractivity (Wildman–Crippen MR) is 114 cm³/mol. The minimum Gasteiger partial charge on any atom is -0.396 e. The third-order valence-corrected chi connectivity index (χ3v) is 5.65. The van der Waals surface area contributed by atoms with E-state index in [0.29, 0.717) is 0 Å². The van der Waals surface area contributed by atoms with E-state index in [4.69, 9.17) is 10.1 Å². The summed E-state index contributed by atoms with van der Waals surface area (Å²) in [6, 6.07) is 20.5. The molecule has 0 unspecified atom stereocenters. The SMILES string of the molecule is CCn1c(SCCCO)nnc1-c1cc(-c2ccccc2)nc2ccccc12. The van der Waals surface area contributed by atoms with Crippen LogP contribution in [0.5, 0.6) is 0 Å². The lowest BCUT2D eigenvalue weighted by molar-refractivity contribution is 0.296. The number of nitrogens with zero attached hydrogens (tertiary/aromatic N) is 4. The van der Waals surface area contributed by atoms with Gasteiger partial charge in [0.05, 0.1) is 11.2 Å². The van der Waals surface area contributed by atoms with Crippen molar-refractivity contribution in [3.63, 3.8) is 0 Å². The number of fused-ring (bicyclic) bond motifs is 1. The van der Waals surface area contributed by atoms with Gasteiger partial charge in [-0.15, -0.1) is 10.2 Å². The highest BCUT2D eigenvalue weighted by atomic mass is 32.2. The van der Waals surface area contributed by atoms with Gasteiger partial charge in [-0.3, -0.25) is 0 Å². The van der Waals surface area contributed by atoms with Crippen molar-refractivity contribution in [2.75, 3.05) is 12.4 Å². The van der Waals surface area contributed by atoms with Crippen molar-refractivity contribution in [2.45, 2.75) is 25.0 Å². The first-order valence-electron chi connectivity index (χ1n) is 9.44. The van der Waals surface area contributed by atoms with Gasteiger partial charge in [0.2, 0.25) is 0 Å². The Hall–Kier alpha value is -2.70. The second-order valence-corrected chi connectivity index (χ2v) is 7.48. The lowest BCUT2D eigenvalue weighted by Gasteiger charge is -2.11. The molecule has 0 aliphatic rings. The highest BCUT2D eigenvalue weighted by Gasteiger charge is 2.17. The van der Waals surface area contributed by atoms with Crippen LogP contribution in [-0.4, -0.2) is 37.2 Å². The van der Waals surface area contributed by atoms with Gasteiger partial charge in [-0.05, 0) is 25.5 Å². The average Bonchev–Trinajstić information content (AvgIpc) is 3.16. The molecule has 0 saturated heterocycles. The third-order valence-electron chi connectivity index (χ3n) is 4.59. The van der Waals surface area contributed by atoms with E-state index in [0.717, 1.165) is 57.4 Å². The number of pyridine rings is 1.